The molecule has 0 bridgehead atoms. The summed E-state index contributed by atoms with van der Waals surface area (Å²) in [6, 6.07) is 87.4. The summed E-state index contributed by atoms with van der Waals surface area (Å²) in [5.74, 6) is 4.62. The van der Waals surface area contributed by atoms with Crippen molar-refractivity contribution in [1.82, 2.24) is 20.6 Å². The Kier molecular flexibility index (Phi) is 146. The molecule has 22 rings (SSSR count). The van der Waals surface area contributed by atoms with Gasteiger partial charge in [0.25, 0.3) is 5.88 Å². The van der Waals surface area contributed by atoms with Crippen LogP contribution in [0.1, 0.15) is 397 Å². The summed E-state index contributed by atoms with van der Waals surface area (Å²) < 4.78 is 36.1. The van der Waals surface area contributed by atoms with Crippen LogP contribution in [0.2, 0.25) is 0 Å². The van der Waals surface area contributed by atoms with Crippen molar-refractivity contribution in [1.29, 1.82) is 0 Å². The molecule has 4 aromatic heterocycles. The maximum Gasteiger partial charge on any atom is 0.257 e. The molecule has 2 aliphatic carbocycles. The standard InChI is InChI=1S/3C9H11N.C9H10O.C9H10.C8H9NO.C8H9NS.C8H8O.C8H6O.C8H6S.C7H7NO2.22C2H6/c2*1-2-6-9-8(4-1)5-3-7-10-9;2*1-2-4-9-7-10-6-5-8(9)3-1;1-2-5-9-7-3-6-8(9)4-1;1-2-4-8-7(3-1)5-9-6-10-8;1-2-4-8-7(3-1)5-6-10-9-8;3*1-2-4-8-7(3-1)5-6-9-8;1-2-6-7(8-3-1)10-5-4-9-6;22*1-2/h3,5,7H,1-2,4,6H2;1-2,4,6,10H,3,5,7H2;1-4,10H,5-7H2;1-4H,5-7H2;1-2,4-5H,3,6-7H2;2*1-4,9H,5-6H2;1-4H,5-6H2;2*1-6H;1-3H,4-5H2;22*1-2H3. The van der Waals surface area contributed by atoms with Gasteiger partial charge in [-0.05, 0) is 217 Å². The maximum atomic E-state index is 5.31. The van der Waals surface area contributed by atoms with Crippen LogP contribution in [0.5, 0.6) is 23.1 Å². The van der Waals surface area contributed by atoms with Crippen LogP contribution in [0.3, 0.4) is 0 Å². The molecule has 9 aromatic carbocycles. The number of furan rings is 1. The summed E-state index contributed by atoms with van der Waals surface area (Å²) in [6.45, 7) is 96.7. The van der Waals surface area contributed by atoms with Crippen LogP contribution in [0, 0.1) is 0 Å². The molecule has 4 N–H and O–H groups in total. The second-order valence-electron chi connectivity index (χ2n) is 26.2. The number of hydrogen-bond acceptors (Lipinski definition) is 14. The first-order chi connectivity index (χ1) is 74.6. The third-order valence-corrected chi connectivity index (χ3v) is 20.6. The largest absolute Gasteiger partial charge is 0.493 e. The number of ether oxygens (including phenoxy) is 5. The molecule has 0 fully saturated rings. The average Bonchev–Trinajstić information content (AvgIpc) is 1.81. The van der Waals surface area contributed by atoms with Crippen LogP contribution in [0.15, 0.2) is 283 Å². The summed E-state index contributed by atoms with van der Waals surface area (Å²) in [5, 5.41) is 14.5. The first-order valence-electron chi connectivity index (χ1n) is 59.5. The highest BCUT2D eigenvalue weighted by atomic mass is 32.2. The van der Waals surface area contributed by atoms with Crippen LogP contribution in [0.4, 0.5) is 11.4 Å². The van der Waals surface area contributed by atoms with E-state index in [-0.39, 0.29) is 0 Å². The molecule has 0 spiro atoms. The second-order valence-corrected chi connectivity index (χ2v) is 28.0. The number of aryl methyl sites for hydroxylation is 6. The first-order valence-corrected chi connectivity index (χ1v) is 61.4. The molecule has 14 heteroatoms. The predicted octanol–water partition coefficient (Wildman–Crippen LogP) is 43.1. The van der Waals surface area contributed by atoms with Gasteiger partial charge in [0.2, 0.25) is 0 Å². The average molecular weight is 2110 g/mol. The molecule has 0 unspecified atom stereocenters. The fourth-order valence-electron chi connectivity index (χ4n) is 13.2. The van der Waals surface area contributed by atoms with Gasteiger partial charge in [-0.2, -0.15) is 0 Å². The van der Waals surface area contributed by atoms with Crippen LogP contribution in [-0.4, -0.2) is 62.0 Å². The highest BCUT2D eigenvalue weighted by Crippen LogP contribution is 2.29. The van der Waals surface area contributed by atoms with Crippen LogP contribution >= 0.6 is 23.3 Å². The van der Waals surface area contributed by atoms with Crippen molar-refractivity contribution in [2.24, 2.45) is 0 Å². The molecule has 0 radical (unpaired) electrons. The molecular formula is C136H230N6O6S2. The molecule has 150 heavy (non-hydrogen) atoms. The molecular weight excluding hydrogens is 1880 g/mol. The minimum absolute atomic E-state index is 0.601. The van der Waals surface area contributed by atoms with Crippen LogP contribution in [-0.2, 0) is 82.2 Å². The van der Waals surface area contributed by atoms with Crippen molar-refractivity contribution >= 4 is 55.7 Å². The zero-order chi connectivity index (χ0) is 116. The zero-order valence-electron chi connectivity index (χ0n) is 105. The van der Waals surface area contributed by atoms with E-state index >= 15 is 0 Å². The SMILES string of the molecule is CC.CC.CC.CC.CC.CC.CC.CC.CC.CC.CC.CC.CC.CC.CC.CC.CC.CC.CC.CC.CC.CC.c1ccc2c(c1)CCC2.c1ccc2c(c1)CCCN2.c1ccc2c(c1)CCNC2.c1ccc2c(c1)CCO2.c1ccc2c(c1)CCOC2.c1ccc2c(c1)CCSN2.c1ccc2c(c1)CNCO2.c1ccc2occc2c1.c1ccc2sccc2c1.c1cnc2c(c1)CCCC2.c1cnc2c(c1)OCCO2. The minimum Gasteiger partial charge on any atom is -0.493 e. The van der Waals surface area contributed by atoms with Gasteiger partial charge in [-0.25, -0.2) is 4.98 Å². The molecule has 9 aliphatic rings. The van der Waals surface area contributed by atoms with Crippen molar-refractivity contribution in [3.8, 4) is 23.1 Å². The highest BCUT2D eigenvalue weighted by molar-refractivity contribution is 8.00. The number of hydrogen-bond donors (Lipinski definition) is 4. The molecule has 0 atom stereocenters. The van der Waals surface area contributed by atoms with Gasteiger partial charge in [0.05, 0.1) is 26.1 Å². The van der Waals surface area contributed by atoms with Gasteiger partial charge in [-0.15, -0.1) is 11.3 Å². The summed E-state index contributed by atoms with van der Waals surface area (Å²) in [4.78, 5) is 8.29. The van der Waals surface area contributed by atoms with Gasteiger partial charge in [-0.1, -0.05) is 505 Å². The van der Waals surface area contributed by atoms with Gasteiger partial charge < -0.3 is 43.5 Å². The molecule has 12 nitrogen and oxygen atoms in total. The molecule has 7 aliphatic heterocycles. The van der Waals surface area contributed by atoms with E-state index in [0.717, 1.165) is 87.1 Å². The normalized spacial score (nSPS) is 11.3. The quantitative estimate of drug-likeness (QED) is 0.108. The van der Waals surface area contributed by atoms with Crippen molar-refractivity contribution in [2.45, 2.75) is 408 Å². The fraction of sp³-hybridized carbons (Fsp3) is 0.500. The van der Waals surface area contributed by atoms with Crippen molar-refractivity contribution in [3.63, 3.8) is 0 Å². The van der Waals surface area contributed by atoms with E-state index in [2.05, 4.69) is 206 Å². The minimum atomic E-state index is 0.601. The van der Waals surface area contributed by atoms with Gasteiger partial charge in [0, 0.05) is 76.9 Å². The summed E-state index contributed by atoms with van der Waals surface area (Å²) in [7, 11) is 0. The Morgan fingerprint density at radius 2 is 0.660 bits per heavy atom. The summed E-state index contributed by atoms with van der Waals surface area (Å²) in [5.41, 5.74) is 20.8. The number of nitrogens with one attached hydrogen (secondary N) is 4. The summed E-state index contributed by atoms with van der Waals surface area (Å²) in [6.07, 6.45) is 21.4. The third-order valence-electron chi connectivity index (χ3n) is 18.9. The Morgan fingerprint density at radius 3 is 1.17 bits per heavy atom. The lowest BCUT2D eigenvalue weighted by Gasteiger charge is -2.17. The molecule has 0 saturated carbocycles. The van der Waals surface area contributed by atoms with Gasteiger partial charge in [0.15, 0.2) is 5.75 Å². The number of benzene rings is 9. The van der Waals surface area contributed by atoms with E-state index in [1.165, 1.54) is 154 Å². The van der Waals surface area contributed by atoms with Gasteiger partial charge in [-0.3, -0.25) is 10.3 Å². The van der Waals surface area contributed by atoms with Crippen molar-refractivity contribution < 1.29 is 28.1 Å². The monoisotopic (exact) mass is 2110 g/mol. The Labute approximate surface area is 936 Å². The Morgan fingerprint density at radius 1 is 0.260 bits per heavy atom. The lowest BCUT2D eigenvalue weighted by Crippen LogP contribution is -2.24. The van der Waals surface area contributed by atoms with E-state index in [0.29, 0.717) is 25.8 Å². The smallest absolute Gasteiger partial charge is 0.257 e. The van der Waals surface area contributed by atoms with E-state index < -0.39 is 0 Å². The van der Waals surface area contributed by atoms with E-state index in [4.69, 9.17) is 28.1 Å². The Hall–Kier alpha value is -10.2. The molecule has 13 aromatic rings. The number of thiophene rings is 1. The summed E-state index contributed by atoms with van der Waals surface area (Å²) >= 11 is 3.57. The van der Waals surface area contributed by atoms with Crippen LogP contribution in [0.25, 0.3) is 21.1 Å². The molecule has 852 valence electrons. The number of anilines is 2. The predicted molar refractivity (Wildman–Crippen MR) is 688 cm³/mol. The second kappa shape index (κ2) is 135. The topological polar surface area (TPSA) is 133 Å². The fourth-order valence-corrected chi connectivity index (χ4v) is 14.8. The van der Waals surface area contributed by atoms with E-state index in [1.54, 1.807) is 46.9 Å². The van der Waals surface area contributed by atoms with Gasteiger partial charge >= 0.3 is 0 Å². The molecule has 0 amide bonds. The number of rotatable bonds is 0. The van der Waals surface area contributed by atoms with Crippen molar-refractivity contribution in [2.75, 3.05) is 62.0 Å². The van der Waals surface area contributed by atoms with Crippen LogP contribution < -0.4 is 39.6 Å². The lowest BCUT2D eigenvalue weighted by molar-refractivity contribution is 0.111. The number of pyridine rings is 2. The lowest BCUT2D eigenvalue weighted by atomic mass is 9.96. The highest BCUT2D eigenvalue weighted by Gasteiger charge is 2.14. The number of aromatic nitrogens is 2. The third kappa shape index (κ3) is 76.3. The van der Waals surface area contributed by atoms with Crippen molar-refractivity contribution in [3.05, 3.63) is 346 Å². The number of para-hydroxylation sites is 5. The maximum absolute atomic E-state index is 5.31. The van der Waals surface area contributed by atoms with Gasteiger partial charge in [0.1, 0.15) is 37.0 Å². The first kappa shape index (κ1) is 162. The zero-order valence-corrected chi connectivity index (χ0v) is 106. The van der Waals surface area contributed by atoms with E-state index in [1.807, 2.05) is 396 Å². The Balaban J connectivity index is -0.000000152. The van der Waals surface area contributed by atoms with E-state index in [9.17, 15) is 0 Å². The molecule has 0 saturated heterocycles. The number of nitrogens with zero attached hydrogens (tertiary/aromatic N) is 2. The number of fused-ring (bicyclic) bond motifs is 11. The molecule has 11 heterocycles. The Bertz CT molecular complexity index is 3840.